The maximum atomic E-state index is 12.6. The fourth-order valence-corrected chi connectivity index (χ4v) is 4.95. The van der Waals surface area contributed by atoms with Crippen molar-refractivity contribution in [3.63, 3.8) is 0 Å². The van der Waals surface area contributed by atoms with E-state index in [0.29, 0.717) is 5.56 Å². The van der Waals surface area contributed by atoms with Crippen molar-refractivity contribution in [1.82, 2.24) is 0 Å². The van der Waals surface area contributed by atoms with Gasteiger partial charge in [-0.2, -0.15) is 0 Å². The van der Waals surface area contributed by atoms with E-state index in [1.165, 1.54) is 30.3 Å². The second-order valence-electron chi connectivity index (χ2n) is 9.96. The minimum Gasteiger partial charge on any atom is -0.508 e. The Hall–Kier alpha value is -4.33. The molecule has 0 aliphatic carbocycles. The van der Waals surface area contributed by atoms with Gasteiger partial charge in [0.15, 0.2) is 30.0 Å². The molecule has 7 N–H and O–H groups in total. The van der Waals surface area contributed by atoms with Crippen LogP contribution in [-0.4, -0.2) is 85.1 Å². The molecular weight excluding hydrogens is 552 g/mol. The molecule has 0 radical (unpaired) electrons. The largest absolute Gasteiger partial charge is 0.508 e. The maximum absolute atomic E-state index is 12.6. The third kappa shape index (κ3) is 6.12. The van der Waals surface area contributed by atoms with Crippen molar-refractivity contribution in [3.05, 3.63) is 83.4 Å². The van der Waals surface area contributed by atoms with Crippen molar-refractivity contribution in [2.45, 2.75) is 49.3 Å². The summed E-state index contributed by atoms with van der Waals surface area (Å²) in [5.41, 5.74) is 1.33. The maximum Gasteiger partial charge on any atom is 0.331 e. The van der Waals surface area contributed by atoms with Gasteiger partial charge in [0, 0.05) is 30.2 Å². The highest BCUT2D eigenvalue weighted by atomic mass is 16.7. The highest BCUT2D eigenvalue weighted by Crippen LogP contribution is 2.44. The quantitative estimate of drug-likeness (QED) is 0.121. The van der Waals surface area contributed by atoms with E-state index in [-0.39, 0.29) is 35.0 Å². The molecule has 7 atom stereocenters. The monoisotopic (exact) mass is 582 g/mol. The summed E-state index contributed by atoms with van der Waals surface area (Å²) in [7, 11) is 0. The first-order valence-corrected chi connectivity index (χ1v) is 13.1. The Kier molecular flexibility index (Phi) is 8.52. The lowest BCUT2D eigenvalue weighted by Gasteiger charge is -2.43. The van der Waals surface area contributed by atoms with Crippen LogP contribution in [0.1, 0.15) is 22.8 Å². The number of hydrogen-bond donors (Lipinski definition) is 7. The Morgan fingerprint density at radius 3 is 2.40 bits per heavy atom. The molecule has 42 heavy (non-hydrogen) atoms. The number of aliphatic hydroxyl groups is 3. The minimum atomic E-state index is -1.72. The number of aromatic hydroxyl groups is 4. The molecule has 12 heteroatoms. The standard InChI is InChI=1S/C30H30O12/c31-14-24-26(37)29(42-25(36)9-6-15-4-2-1-3-5-15)27(38)30(41-24)40-23-13-18-20(34)11-17(32)12-22(18)39-28(23)16-7-8-19(33)21(35)10-16/h1-12,23-24,26-35,37-38H,13-14H2/b9-6+/t23-,24-,26-,27-,28-,29-,30-/m1/s1. The van der Waals surface area contributed by atoms with Crippen molar-refractivity contribution in [3.8, 4) is 28.7 Å². The number of rotatable bonds is 7. The van der Waals surface area contributed by atoms with Gasteiger partial charge in [0.25, 0.3) is 0 Å². The van der Waals surface area contributed by atoms with Crippen LogP contribution in [-0.2, 0) is 25.4 Å². The summed E-state index contributed by atoms with van der Waals surface area (Å²) in [5.74, 6) is -2.08. The Bertz CT molecular complexity index is 1440. The van der Waals surface area contributed by atoms with Gasteiger partial charge < -0.3 is 54.7 Å². The molecule has 2 aliphatic rings. The van der Waals surface area contributed by atoms with Gasteiger partial charge in [-0.15, -0.1) is 0 Å². The molecule has 1 saturated heterocycles. The van der Waals surface area contributed by atoms with E-state index >= 15 is 0 Å². The van der Waals surface area contributed by atoms with Gasteiger partial charge in [0.1, 0.15) is 41.7 Å². The van der Waals surface area contributed by atoms with Gasteiger partial charge in [-0.25, -0.2) is 4.79 Å². The van der Waals surface area contributed by atoms with E-state index in [9.17, 15) is 40.5 Å². The molecule has 12 nitrogen and oxygen atoms in total. The van der Waals surface area contributed by atoms with E-state index < -0.39 is 61.2 Å². The molecule has 0 aromatic heterocycles. The molecule has 3 aromatic carbocycles. The van der Waals surface area contributed by atoms with Crippen LogP contribution in [0.25, 0.3) is 6.08 Å². The van der Waals surface area contributed by atoms with Crippen molar-refractivity contribution in [2.24, 2.45) is 0 Å². The number of phenols is 4. The number of hydrogen-bond acceptors (Lipinski definition) is 12. The molecule has 0 amide bonds. The molecule has 2 aliphatic heterocycles. The number of esters is 1. The van der Waals surface area contributed by atoms with Crippen molar-refractivity contribution in [2.75, 3.05) is 6.61 Å². The van der Waals surface area contributed by atoms with Crippen molar-refractivity contribution >= 4 is 12.0 Å². The number of fused-ring (bicyclic) bond motifs is 1. The number of phenolic OH excluding ortho intramolecular Hbond substituents is 4. The number of aliphatic hydroxyl groups excluding tert-OH is 3. The van der Waals surface area contributed by atoms with Crippen LogP contribution in [0.5, 0.6) is 28.7 Å². The highest BCUT2D eigenvalue weighted by molar-refractivity contribution is 5.87. The molecule has 0 saturated carbocycles. The lowest BCUT2D eigenvalue weighted by atomic mass is 9.93. The van der Waals surface area contributed by atoms with Gasteiger partial charge in [0.2, 0.25) is 0 Å². The summed E-state index contributed by atoms with van der Waals surface area (Å²) >= 11 is 0. The molecule has 1 fully saturated rings. The van der Waals surface area contributed by atoms with Crippen molar-refractivity contribution < 1.29 is 59.5 Å². The first-order chi connectivity index (χ1) is 20.1. The van der Waals surface area contributed by atoms with Crippen LogP contribution in [0.3, 0.4) is 0 Å². The number of carbonyl (C=O) groups excluding carboxylic acids is 1. The number of carbonyl (C=O) groups is 1. The highest BCUT2D eigenvalue weighted by Gasteiger charge is 2.49. The summed E-state index contributed by atoms with van der Waals surface area (Å²) in [5, 5.41) is 72.0. The third-order valence-electron chi connectivity index (χ3n) is 7.09. The predicted octanol–water partition coefficient (Wildman–Crippen LogP) is 1.63. The Labute approximate surface area is 239 Å². The van der Waals surface area contributed by atoms with Gasteiger partial charge >= 0.3 is 5.97 Å². The summed E-state index contributed by atoms with van der Waals surface area (Å²) < 4.78 is 23.1. The van der Waals surface area contributed by atoms with Crippen LogP contribution >= 0.6 is 0 Å². The van der Waals surface area contributed by atoms with Crippen LogP contribution in [0, 0.1) is 0 Å². The molecule has 2 heterocycles. The van der Waals surface area contributed by atoms with Crippen LogP contribution in [0.2, 0.25) is 0 Å². The number of benzene rings is 3. The number of ether oxygens (including phenoxy) is 4. The molecular formula is C30H30O12. The second-order valence-corrected chi connectivity index (χ2v) is 9.96. The lowest BCUT2D eigenvalue weighted by Crippen LogP contribution is -2.61. The fourth-order valence-electron chi connectivity index (χ4n) is 4.95. The average Bonchev–Trinajstić information content (AvgIpc) is 2.97. The first-order valence-electron chi connectivity index (χ1n) is 13.1. The lowest BCUT2D eigenvalue weighted by molar-refractivity contribution is -0.318. The van der Waals surface area contributed by atoms with E-state index in [1.54, 1.807) is 24.3 Å². The Balaban J connectivity index is 1.40. The zero-order valence-electron chi connectivity index (χ0n) is 22.1. The van der Waals surface area contributed by atoms with Gasteiger partial charge in [-0.1, -0.05) is 36.4 Å². The zero-order chi connectivity index (χ0) is 30.0. The molecule has 222 valence electrons. The van der Waals surface area contributed by atoms with Gasteiger partial charge in [-0.05, 0) is 29.3 Å². The van der Waals surface area contributed by atoms with E-state index in [0.717, 1.165) is 17.7 Å². The first kappa shape index (κ1) is 29.2. The van der Waals surface area contributed by atoms with E-state index in [4.69, 9.17) is 18.9 Å². The molecule has 3 aromatic rings. The Morgan fingerprint density at radius 1 is 0.929 bits per heavy atom. The van der Waals surface area contributed by atoms with E-state index in [2.05, 4.69) is 0 Å². The van der Waals surface area contributed by atoms with Gasteiger partial charge in [-0.3, -0.25) is 0 Å². The molecule has 0 unspecified atom stereocenters. The predicted molar refractivity (Wildman–Crippen MR) is 145 cm³/mol. The Morgan fingerprint density at radius 2 is 1.69 bits per heavy atom. The second kappa shape index (κ2) is 12.3. The van der Waals surface area contributed by atoms with Crippen LogP contribution in [0.15, 0.2) is 66.7 Å². The summed E-state index contributed by atoms with van der Waals surface area (Å²) in [6, 6.07) is 15.3. The topological polar surface area (TPSA) is 196 Å². The average molecular weight is 583 g/mol. The van der Waals surface area contributed by atoms with Crippen molar-refractivity contribution in [1.29, 1.82) is 0 Å². The minimum absolute atomic E-state index is 0.0308. The third-order valence-corrected chi connectivity index (χ3v) is 7.09. The van der Waals surface area contributed by atoms with Crippen LogP contribution < -0.4 is 4.74 Å². The molecule has 5 rings (SSSR count). The van der Waals surface area contributed by atoms with Gasteiger partial charge in [0.05, 0.1) is 6.61 Å². The van der Waals surface area contributed by atoms with Crippen LogP contribution in [0.4, 0.5) is 0 Å². The summed E-state index contributed by atoms with van der Waals surface area (Å²) in [6.07, 6.45) is -7.17. The smallest absolute Gasteiger partial charge is 0.331 e. The molecule has 0 spiro atoms. The fraction of sp³-hybridized carbons (Fsp3) is 0.300. The summed E-state index contributed by atoms with van der Waals surface area (Å²) in [4.78, 5) is 12.6. The molecule has 0 bridgehead atoms. The SMILES string of the molecule is O=C(/C=C/c1ccccc1)O[C@H]1[C@@H](O)[C@H](O[C@@H]2Cc3c(O)cc(O)cc3O[C@@H]2c2ccc(O)c(O)c2)O[C@H](CO)[C@H]1O. The normalized spacial score (nSPS) is 27.3. The van der Waals surface area contributed by atoms with E-state index in [1.807, 2.05) is 6.07 Å². The summed E-state index contributed by atoms with van der Waals surface area (Å²) in [6.45, 7) is -0.693. The zero-order valence-corrected chi connectivity index (χ0v) is 22.1.